The van der Waals surface area contributed by atoms with Crippen LogP contribution in [0.5, 0.6) is 5.75 Å². The average Bonchev–Trinajstić information content (AvgIpc) is 3.36. The summed E-state index contributed by atoms with van der Waals surface area (Å²) in [5, 5.41) is 29.4. The largest absolute Gasteiger partial charge is 0.508 e. The highest BCUT2D eigenvalue weighted by molar-refractivity contribution is 6.59. The van der Waals surface area contributed by atoms with Crippen LogP contribution in [0.4, 0.5) is 15.8 Å². The Kier molecular flexibility index (Phi) is 6.76. The maximum Gasteiger partial charge on any atom is 0.488 e. The molecule has 4 aliphatic rings. The number of fused-ring (bicyclic) bond motifs is 4. The van der Waals surface area contributed by atoms with Gasteiger partial charge >= 0.3 is 7.12 Å². The van der Waals surface area contributed by atoms with E-state index >= 15 is 0 Å². The average molecular weight is 649 g/mol. The van der Waals surface area contributed by atoms with Gasteiger partial charge in [-0.3, -0.25) is 24.1 Å². The number of carbonyl (C=O) groups excluding carboxylic acids is 4. The third-order valence-corrected chi connectivity index (χ3v) is 11.0. The van der Waals surface area contributed by atoms with Gasteiger partial charge in [-0.2, -0.15) is 0 Å². The molecule has 1 saturated carbocycles. The molecular weight excluding hydrogens is 625 g/mol. The van der Waals surface area contributed by atoms with Crippen LogP contribution in [-0.2, 0) is 19.2 Å². The molecule has 3 aromatic rings. The summed E-state index contributed by atoms with van der Waals surface area (Å²) in [4.78, 5) is 54.1. The van der Waals surface area contributed by atoms with Crippen LogP contribution in [0.25, 0.3) is 0 Å². The number of hydrogen-bond acceptors (Lipinski definition) is 7. The Labute approximate surface area is 266 Å². The van der Waals surface area contributed by atoms with Crippen LogP contribution in [0.15, 0.2) is 84.4 Å². The first kappa shape index (κ1) is 29.7. The Hall–Kier alpha value is -4.03. The molecule has 2 heterocycles. The topological polar surface area (TPSA) is 135 Å². The molecule has 3 fully saturated rings. The van der Waals surface area contributed by atoms with Crippen LogP contribution in [0.2, 0.25) is 0 Å². The molecule has 0 unspecified atom stereocenters. The zero-order valence-electron chi connectivity index (χ0n) is 23.3. The standard InChI is InChI=1S/C32H24BCl2FN2O7/c34-31-15-24-22(12-13-23-25(24)28(41)37(27(23)40)20-3-1-2-17(14-20)33(44)45)26(16-4-10-21(39)11-5-16)32(31,35)30(43)38(29(31)42)19-8-6-18(36)7-9-19/h1-12,14,23-26,39,44-45H,13,15H2/t23-,24+,25-,26-,31+,32-/m0/s1. The number of carbonyl (C=O) groups is 4. The predicted molar refractivity (Wildman–Crippen MR) is 163 cm³/mol. The molecule has 9 nitrogen and oxygen atoms in total. The van der Waals surface area contributed by atoms with Crippen molar-refractivity contribution in [2.24, 2.45) is 17.8 Å². The highest BCUT2D eigenvalue weighted by Crippen LogP contribution is 2.65. The summed E-state index contributed by atoms with van der Waals surface area (Å²) in [6.07, 6.45) is 1.68. The van der Waals surface area contributed by atoms with Crippen molar-refractivity contribution in [1.82, 2.24) is 0 Å². The van der Waals surface area contributed by atoms with Crippen LogP contribution in [0.1, 0.15) is 24.3 Å². The SMILES string of the molecule is O=C1[C@H]2[C@H](CC=C3[C@H]2C[C@@]2(Cl)C(=O)N(c4ccc(F)cc4)C(=O)[C@@]2(Cl)[C@H]3c2ccc(O)cc2)C(=O)N1c1cccc(B(O)O)c1. The molecule has 3 N–H and O–H groups in total. The van der Waals surface area contributed by atoms with E-state index in [2.05, 4.69) is 0 Å². The molecule has 0 spiro atoms. The highest BCUT2D eigenvalue weighted by atomic mass is 35.5. The molecule has 4 amide bonds. The molecular formula is C32H24BCl2FN2O7. The van der Waals surface area contributed by atoms with E-state index in [1.165, 1.54) is 48.5 Å². The number of alkyl halides is 2. The van der Waals surface area contributed by atoms with Gasteiger partial charge in [0.05, 0.1) is 23.2 Å². The summed E-state index contributed by atoms with van der Waals surface area (Å²) < 4.78 is 13.8. The summed E-state index contributed by atoms with van der Waals surface area (Å²) in [6.45, 7) is 0. The second-order valence-electron chi connectivity index (χ2n) is 11.8. The van der Waals surface area contributed by atoms with Gasteiger partial charge in [-0.1, -0.05) is 35.9 Å². The van der Waals surface area contributed by atoms with Crippen molar-refractivity contribution in [1.29, 1.82) is 0 Å². The Morgan fingerprint density at radius 1 is 0.822 bits per heavy atom. The lowest BCUT2D eigenvalue weighted by molar-refractivity contribution is -0.125. The molecule has 0 radical (unpaired) electrons. The van der Waals surface area contributed by atoms with Gasteiger partial charge in [-0.15, -0.1) is 23.2 Å². The lowest BCUT2D eigenvalue weighted by atomic mass is 9.56. The van der Waals surface area contributed by atoms with E-state index in [1.54, 1.807) is 18.2 Å². The third-order valence-electron chi connectivity index (χ3n) is 9.55. The molecule has 2 saturated heterocycles. The van der Waals surface area contributed by atoms with Crippen molar-refractivity contribution in [3.05, 3.63) is 95.8 Å². The normalized spacial score (nSPS) is 30.6. The Morgan fingerprint density at radius 3 is 2.18 bits per heavy atom. The molecule has 13 heteroatoms. The van der Waals surface area contributed by atoms with Gasteiger partial charge in [-0.25, -0.2) is 9.29 Å². The minimum absolute atomic E-state index is 0.0474. The lowest BCUT2D eigenvalue weighted by Gasteiger charge is -2.50. The molecule has 0 bridgehead atoms. The minimum Gasteiger partial charge on any atom is -0.508 e. The van der Waals surface area contributed by atoms with Crippen LogP contribution in [0, 0.1) is 23.6 Å². The molecule has 0 aromatic heterocycles. The third kappa shape index (κ3) is 4.07. The number of phenols is 1. The molecule has 2 aliphatic heterocycles. The van der Waals surface area contributed by atoms with Gasteiger partial charge in [0.25, 0.3) is 11.8 Å². The van der Waals surface area contributed by atoms with Crippen LogP contribution >= 0.6 is 23.2 Å². The van der Waals surface area contributed by atoms with Gasteiger partial charge in [-0.05, 0) is 78.3 Å². The number of anilines is 2. The minimum atomic E-state index is -2.08. The van der Waals surface area contributed by atoms with E-state index in [-0.39, 0.29) is 35.4 Å². The summed E-state index contributed by atoms with van der Waals surface area (Å²) in [5.41, 5.74) is 1.36. The number of amides is 4. The molecule has 3 aromatic carbocycles. The first-order valence-electron chi connectivity index (χ1n) is 14.2. The number of aromatic hydroxyl groups is 1. The summed E-state index contributed by atoms with van der Waals surface area (Å²) in [5.74, 6) is -6.90. The van der Waals surface area contributed by atoms with Crippen molar-refractivity contribution in [3.63, 3.8) is 0 Å². The van der Waals surface area contributed by atoms with Crippen molar-refractivity contribution in [2.45, 2.75) is 28.5 Å². The zero-order chi connectivity index (χ0) is 32.0. The fourth-order valence-corrected chi connectivity index (χ4v) is 8.45. The number of benzene rings is 3. The van der Waals surface area contributed by atoms with E-state index in [0.29, 0.717) is 11.1 Å². The van der Waals surface area contributed by atoms with Gasteiger partial charge in [0.2, 0.25) is 11.8 Å². The van der Waals surface area contributed by atoms with Gasteiger partial charge in [0, 0.05) is 5.92 Å². The van der Waals surface area contributed by atoms with Crippen molar-refractivity contribution in [3.8, 4) is 5.75 Å². The Bertz CT molecular complexity index is 1820. The van der Waals surface area contributed by atoms with Gasteiger partial charge in [0.1, 0.15) is 11.6 Å². The summed E-state index contributed by atoms with van der Waals surface area (Å²) in [6, 6.07) is 16.5. The number of hydrogen-bond donors (Lipinski definition) is 3. The number of nitrogens with zero attached hydrogens (tertiary/aromatic N) is 2. The smallest absolute Gasteiger partial charge is 0.488 e. The van der Waals surface area contributed by atoms with Crippen LogP contribution in [-0.4, -0.2) is 55.7 Å². The van der Waals surface area contributed by atoms with Crippen molar-refractivity contribution in [2.75, 3.05) is 9.80 Å². The maximum atomic E-state index is 14.3. The zero-order valence-corrected chi connectivity index (χ0v) is 24.8. The second kappa shape index (κ2) is 10.2. The quantitative estimate of drug-likeness (QED) is 0.171. The number of allylic oxidation sites excluding steroid dienone is 2. The second-order valence-corrected chi connectivity index (χ2v) is 13.1. The van der Waals surface area contributed by atoms with Crippen LogP contribution < -0.4 is 15.3 Å². The van der Waals surface area contributed by atoms with E-state index in [9.17, 15) is 38.7 Å². The highest BCUT2D eigenvalue weighted by Gasteiger charge is 2.76. The van der Waals surface area contributed by atoms with Crippen LogP contribution in [0.3, 0.4) is 0 Å². The first-order chi connectivity index (χ1) is 21.4. The molecule has 45 heavy (non-hydrogen) atoms. The fraction of sp³-hybridized carbons (Fsp3) is 0.250. The van der Waals surface area contributed by atoms with Gasteiger partial charge in [0.15, 0.2) is 9.75 Å². The monoisotopic (exact) mass is 648 g/mol. The molecule has 2 aliphatic carbocycles. The van der Waals surface area contributed by atoms with Crippen molar-refractivity contribution >= 4 is 70.8 Å². The first-order valence-corrected chi connectivity index (χ1v) is 15.0. The lowest BCUT2D eigenvalue weighted by Crippen LogP contribution is -2.60. The Morgan fingerprint density at radius 2 is 1.51 bits per heavy atom. The van der Waals surface area contributed by atoms with Crippen molar-refractivity contribution < 1.29 is 38.7 Å². The number of phenolic OH excluding ortho intramolecular Hbond substituents is 1. The molecule has 228 valence electrons. The van der Waals surface area contributed by atoms with E-state index in [4.69, 9.17) is 23.2 Å². The molecule has 7 rings (SSSR count). The van der Waals surface area contributed by atoms with E-state index in [1.807, 2.05) is 0 Å². The summed E-state index contributed by atoms with van der Waals surface area (Å²) >= 11 is 14.6. The van der Waals surface area contributed by atoms with E-state index < -0.39 is 70.0 Å². The number of imide groups is 2. The molecule has 6 atom stereocenters. The fourth-order valence-electron chi connectivity index (χ4n) is 7.52. The predicted octanol–water partition coefficient (Wildman–Crippen LogP) is 2.98. The van der Waals surface area contributed by atoms with Gasteiger partial charge < -0.3 is 15.2 Å². The van der Waals surface area contributed by atoms with E-state index in [0.717, 1.165) is 21.9 Å². The summed E-state index contributed by atoms with van der Waals surface area (Å²) in [7, 11) is -1.82. The maximum absolute atomic E-state index is 14.3. The number of rotatable bonds is 4. The number of halogens is 3. The Balaban J connectivity index is 1.37.